The molecule has 0 aromatic heterocycles. The maximum atomic E-state index is 12.5. The third kappa shape index (κ3) is 4.85. The fraction of sp³-hybridized carbons (Fsp3) is 0.286. The zero-order valence-corrected chi connectivity index (χ0v) is 18.3. The molecule has 1 aliphatic heterocycles. The maximum Gasteiger partial charge on any atom is 0.331 e. The number of ether oxygens (including phenoxy) is 2. The van der Waals surface area contributed by atoms with Gasteiger partial charge in [0.2, 0.25) is 0 Å². The lowest BCUT2D eigenvalue weighted by atomic mass is 10.2. The van der Waals surface area contributed by atoms with Crippen molar-refractivity contribution in [1.82, 2.24) is 4.72 Å². The molecule has 1 unspecified atom stereocenters. The Kier molecular flexibility index (Phi) is 6.30. The van der Waals surface area contributed by atoms with E-state index in [-0.39, 0.29) is 10.7 Å². The quantitative estimate of drug-likeness (QED) is 0.656. The van der Waals surface area contributed by atoms with Gasteiger partial charge in [-0.15, -0.1) is 0 Å². The number of carbonyl (C=O) groups excluding carboxylic acids is 2. The highest BCUT2D eigenvalue weighted by Gasteiger charge is 2.31. The topological polar surface area (TPSA) is 123 Å². The minimum atomic E-state index is -3.72. The van der Waals surface area contributed by atoms with Crippen molar-refractivity contribution < 1.29 is 27.5 Å². The van der Waals surface area contributed by atoms with Gasteiger partial charge in [-0.2, -0.15) is 0 Å². The van der Waals surface area contributed by atoms with E-state index in [1.807, 2.05) is 13.0 Å². The van der Waals surface area contributed by atoms with Gasteiger partial charge in [0.15, 0.2) is 6.10 Å². The van der Waals surface area contributed by atoms with Crippen LogP contribution in [0.2, 0.25) is 0 Å². The molecule has 0 saturated carbocycles. The molecule has 0 bridgehead atoms. The summed E-state index contributed by atoms with van der Waals surface area (Å²) in [4.78, 5) is 29.1. The first-order valence-electron chi connectivity index (χ1n) is 9.48. The number of fused-ring (bicyclic) bond motifs is 1. The Morgan fingerprint density at radius 1 is 1.13 bits per heavy atom. The Hall–Kier alpha value is -3.40. The molecule has 31 heavy (non-hydrogen) atoms. The largest absolute Gasteiger partial charge is 0.495 e. The number of carbonyl (C=O) groups is 2. The van der Waals surface area contributed by atoms with Crippen LogP contribution in [0.4, 0.5) is 5.69 Å². The van der Waals surface area contributed by atoms with E-state index >= 15 is 0 Å². The summed E-state index contributed by atoms with van der Waals surface area (Å²) in [6.07, 6.45) is -1.10. The predicted octanol–water partition coefficient (Wildman–Crippen LogP) is 2.00. The second kappa shape index (κ2) is 8.76. The number of amides is 1. The molecular formula is C21H23N3O6S. The van der Waals surface area contributed by atoms with Gasteiger partial charge < -0.3 is 14.8 Å². The number of benzene rings is 2. The Bertz CT molecular complexity index is 1160. The average molecular weight is 445 g/mol. The van der Waals surface area contributed by atoms with Gasteiger partial charge in [0.1, 0.15) is 17.6 Å². The molecule has 0 aliphatic carbocycles. The van der Waals surface area contributed by atoms with Crippen molar-refractivity contribution in [2.45, 2.75) is 37.8 Å². The minimum Gasteiger partial charge on any atom is -0.495 e. The highest BCUT2D eigenvalue weighted by Crippen LogP contribution is 2.26. The van der Waals surface area contributed by atoms with Crippen LogP contribution in [0, 0.1) is 6.92 Å². The smallest absolute Gasteiger partial charge is 0.331 e. The van der Waals surface area contributed by atoms with Crippen LogP contribution in [0.15, 0.2) is 52.4 Å². The normalized spacial score (nSPS) is 17.2. The van der Waals surface area contributed by atoms with Crippen LogP contribution in [0.25, 0.3) is 0 Å². The van der Waals surface area contributed by atoms with Gasteiger partial charge in [-0.25, -0.2) is 13.2 Å². The molecule has 2 atom stereocenters. The number of hydrogen-bond donors (Lipinski definition) is 2. The summed E-state index contributed by atoms with van der Waals surface area (Å²) >= 11 is 0. The van der Waals surface area contributed by atoms with Gasteiger partial charge in [0, 0.05) is 5.56 Å². The molecule has 2 aromatic carbocycles. The van der Waals surface area contributed by atoms with E-state index in [0.717, 1.165) is 5.56 Å². The number of esters is 1. The lowest BCUT2D eigenvalue weighted by Gasteiger charge is -2.17. The van der Waals surface area contributed by atoms with Crippen molar-refractivity contribution in [2.24, 2.45) is 4.99 Å². The van der Waals surface area contributed by atoms with Gasteiger partial charge in [0.05, 0.1) is 17.7 Å². The molecule has 0 saturated heterocycles. The van der Waals surface area contributed by atoms with Crippen molar-refractivity contribution in [3.8, 4) is 5.75 Å². The SMILES string of the molecule is COc1ccc(C)cc1NC(=O)C(C)OC(=O)[C@H](C)N=C1NS(=O)(=O)c2ccccc21. The Labute approximate surface area is 180 Å². The van der Waals surface area contributed by atoms with E-state index in [0.29, 0.717) is 17.0 Å². The van der Waals surface area contributed by atoms with Crippen LogP contribution in [0.3, 0.4) is 0 Å². The number of amidine groups is 1. The summed E-state index contributed by atoms with van der Waals surface area (Å²) in [5.74, 6) is -0.773. The Balaban J connectivity index is 1.68. The van der Waals surface area contributed by atoms with E-state index in [2.05, 4.69) is 15.0 Å². The molecule has 2 aromatic rings. The number of anilines is 1. The summed E-state index contributed by atoms with van der Waals surface area (Å²) in [7, 11) is -2.23. The van der Waals surface area contributed by atoms with Crippen molar-refractivity contribution in [3.05, 3.63) is 53.6 Å². The Morgan fingerprint density at radius 3 is 2.55 bits per heavy atom. The van der Waals surface area contributed by atoms with Gasteiger partial charge in [-0.3, -0.25) is 14.5 Å². The fourth-order valence-corrected chi connectivity index (χ4v) is 4.20. The Morgan fingerprint density at radius 2 is 1.84 bits per heavy atom. The summed E-state index contributed by atoms with van der Waals surface area (Å²) in [6.45, 7) is 4.76. The zero-order chi connectivity index (χ0) is 22.8. The maximum absolute atomic E-state index is 12.5. The first-order valence-corrected chi connectivity index (χ1v) is 11.0. The summed E-state index contributed by atoms with van der Waals surface area (Å²) in [6, 6.07) is 10.6. The number of methoxy groups -OCH3 is 1. The van der Waals surface area contributed by atoms with Crippen LogP contribution < -0.4 is 14.8 Å². The molecule has 9 nitrogen and oxygen atoms in total. The van der Waals surface area contributed by atoms with Crippen molar-refractivity contribution in [2.75, 3.05) is 12.4 Å². The number of rotatable bonds is 6. The van der Waals surface area contributed by atoms with E-state index < -0.39 is 34.0 Å². The number of nitrogens with zero attached hydrogens (tertiary/aromatic N) is 1. The number of nitrogens with one attached hydrogen (secondary N) is 2. The van der Waals surface area contributed by atoms with E-state index in [1.165, 1.54) is 27.0 Å². The number of sulfonamides is 1. The van der Waals surface area contributed by atoms with E-state index in [1.54, 1.807) is 30.3 Å². The van der Waals surface area contributed by atoms with Crippen molar-refractivity contribution in [1.29, 1.82) is 0 Å². The summed E-state index contributed by atoms with van der Waals surface area (Å²) < 4.78 is 37.1. The first kappa shape index (κ1) is 22.3. The second-order valence-electron chi connectivity index (χ2n) is 7.03. The molecule has 1 amide bonds. The van der Waals surface area contributed by atoms with Gasteiger partial charge in [0.25, 0.3) is 15.9 Å². The molecule has 10 heteroatoms. The molecule has 1 aliphatic rings. The molecular weight excluding hydrogens is 422 g/mol. The van der Waals surface area contributed by atoms with Gasteiger partial charge in [-0.1, -0.05) is 18.2 Å². The lowest BCUT2D eigenvalue weighted by molar-refractivity contribution is -0.154. The average Bonchev–Trinajstić information content (AvgIpc) is 2.98. The highest BCUT2D eigenvalue weighted by molar-refractivity contribution is 7.90. The van der Waals surface area contributed by atoms with Crippen LogP contribution in [-0.2, 0) is 24.3 Å². The van der Waals surface area contributed by atoms with E-state index in [9.17, 15) is 18.0 Å². The number of aryl methyl sites for hydroxylation is 1. The van der Waals surface area contributed by atoms with Gasteiger partial charge >= 0.3 is 5.97 Å². The second-order valence-corrected chi connectivity index (χ2v) is 8.68. The van der Waals surface area contributed by atoms with E-state index in [4.69, 9.17) is 9.47 Å². The molecule has 0 radical (unpaired) electrons. The number of hydrogen-bond acceptors (Lipinski definition) is 7. The molecule has 0 spiro atoms. The lowest BCUT2D eigenvalue weighted by Crippen LogP contribution is -2.34. The molecule has 3 rings (SSSR count). The van der Waals surface area contributed by atoms with Crippen molar-refractivity contribution >= 4 is 33.4 Å². The molecule has 2 N–H and O–H groups in total. The summed E-state index contributed by atoms with van der Waals surface area (Å²) in [5, 5.41) is 2.67. The third-order valence-electron chi connectivity index (χ3n) is 4.60. The monoisotopic (exact) mass is 445 g/mol. The molecule has 0 fully saturated rings. The first-order chi connectivity index (χ1) is 14.6. The minimum absolute atomic E-state index is 0.0571. The van der Waals surface area contributed by atoms with Crippen LogP contribution in [-0.4, -0.2) is 45.4 Å². The van der Waals surface area contributed by atoms with Crippen LogP contribution >= 0.6 is 0 Å². The molecule has 1 heterocycles. The highest BCUT2D eigenvalue weighted by atomic mass is 32.2. The zero-order valence-electron chi connectivity index (χ0n) is 17.5. The van der Waals surface area contributed by atoms with Crippen LogP contribution in [0.1, 0.15) is 25.0 Å². The van der Waals surface area contributed by atoms with Crippen molar-refractivity contribution in [3.63, 3.8) is 0 Å². The third-order valence-corrected chi connectivity index (χ3v) is 6.00. The standard InChI is InChI=1S/C21H23N3O6S/c1-12-9-10-17(29-4)16(11-12)23-20(25)14(3)30-21(26)13(2)22-19-15-7-5-6-8-18(15)31(27,28)24-19/h5-11,13-14H,1-4H3,(H,22,24)(H,23,25)/t13-,14?/m0/s1. The fourth-order valence-electron chi connectivity index (χ4n) is 2.96. The van der Waals surface area contributed by atoms with Crippen LogP contribution in [0.5, 0.6) is 5.75 Å². The summed E-state index contributed by atoms with van der Waals surface area (Å²) in [5.41, 5.74) is 1.75. The molecule has 164 valence electrons. The predicted molar refractivity (Wildman–Crippen MR) is 115 cm³/mol. The van der Waals surface area contributed by atoms with Gasteiger partial charge in [-0.05, 0) is 50.6 Å². The number of aliphatic imine (C=N–C) groups is 1.